The maximum Gasteiger partial charge on any atom is 0.257 e. The summed E-state index contributed by atoms with van der Waals surface area (Å²) in [5.74, 6) is -1.96. The number of nitrogens with zero attached hydrogens (tertiary/aromatic N) is 1. The highest BCUT2D eigenvalue weighted by atomic mass is 32.1. The Morgan fingerprint density at radius 1 is 1.40 bits per heavy atom. The Morgan fingerprint density at radius 3 is 3.04 bits per heavy atom. The van der Waals surface area contributed by atoms with Crippen molar-refractivity contribution in [3.05, 3.63) is 51.7 Å². The normalized spacial score (nSPS) is 15.5. The maximum atomic E-state index is 13.4. The third kappa shape index (κ3) is 4.55. The molecular formula is C18H20F2N2O2S. The fraction of sp³-hybridized carbons (Fsp3) is 0.389. The number of hydrogen-bond acceptors (Lipinski definition) is 4. The molecule has 25 heavy (non-hydrogen) atoms. The van der Waals surface area contributed by atoms with E-state index in [1.807, 2.05) is 0 Å². The van der Waals surface area contributed by atoms with Crippen LogP contribution in [0.3, 0.4) is 0 Å². The lowest BCUT2D eigenvalue weighted by Gasteiger charge is -2.32. The first-order valence-electron chi connectivity index (χ1n) is 8.17. The number of amides is 1. The Bertz CT molecular complexity index is 750. The van der Waals surface area contributed by atoms with Gasteiger partial charge in [0.25, 0.3) is 5.91 Å². The van der Waals surface area contributed by atoms with Crippen molar-refractivity contribution in [3.63, 3.8) is 0 Å². The van der Waals surface area contributed by atoms with Gasteiger partial charge in [-0.15, -0.1) is 11.3 Å². The molecule has 0 bridgehead atoms. The van der Waals surface area contributed by atoms with Crippen LogP contribution >= 0.6 is 11.3 Å². The van der Waals surface area contributed by atoms with Crippen molar-refractivity contribution >= 4 is 17.2 Å². The molecule has 1 aliphatic heterocycles. The molecule has 2 heterocycles. The third-order valence-corrected chi connectivity index (χ3v) is 5.33. The summed E-state index contributed by atoms with van der Waals surface area (Å²) in [6, 6.07) is 5.34. The Balaban J connectivity index is 1.43. The largest absolute Gasteiger partial charge is 0.481 e. The molecule has 0 fully saturated rings. The highest BCUT2D eigenvalue weighted by Crippen LogP contribution is 2.25. The monoisotopic (exact) mass is 366 g/mol. The molecule has 0 aliphatic carbocycles. The first-order valence-corrected chi connectivity index (χ1v) is 9.04. The minimum absolute atomic E-state index is 0.134. The van der Waals surface area contributed by atoms with Crippen LogP contribution in [0, 0.1) is 11.6 Å². The minimum atomic E-state index is -0.818. The lowest BCUT2D eigenvalue weighted by atomic mass is 10.1. The van der Waals surface area contributed by atoms with Gasteiger partial charge in [-0.05, 0) is 42.5 Å². The van der Waals surface area contributed by atoms with E-state index in [1.54, 1.807) is 11.3 Å². The molecule has 7 heteroatoms. The second-order valence-electron chi connectivity index (χ2n) is 6.11. The second-order valence-corrected chi connectivity index (χ2v) is 7.11. The first kappa shape index (κ1) is 17.8. The standard InChI is InChI=1S/C18H20F2N2O2S/c1-12(22-6-4-17-13(10-22)5-7-25-17)9-21-18(23)11-24-16-3-2-14(19)8-15(16)20/h2-3,5,7-8,12H,4,6,9-11H2,1H3,(H,21,23). The number of benzene rings is 1. The van der Waals surface area contributed by atoms with Crippen molar-refractivity contribution in [2.45, 2.75) is 25.9 Å². The summed E-state index contributed by atoms with van der Waals surface area (Å²) in [7, 11) is 0. The van der Waals surface area contributed by atoms with Gasteiger partial charge < -0.3 is 10.1 Å². The number of carbonyl (C=O) groups is 1. The Labute approximate surface area is 149 Å². The van der Waals surface area contributed by atoms with Gasteiger partial charge in [-0.2, -0.15) is 0 Å². The van der Waals surface area contributed by atoms with E-state index >= 15 is 0 Å². The zero-order valence-electron chi connectivity index (χ0n) is 13.9. The minimum Gasteiger partial charge on any atom is -0.481 e. The van der Waals surface area contributed by atoms with Crippen LogP contribution < -0.4 is 10.1 Å². The lowest BCUT2D eigenvalue weighted by Crippen LogP contribution is -2.45. The van der Waals surface area contributed by atoms with E-state index in [2.05, 4.69) is 28.6 Å². The van der Waals surface area contributed by atoms with Gasteiger partial charge in [0, 0.05) is 36.6 Å². The molecule has 1 atom stereocenters. The van der Waals surface area contributed by atoms with Gasteiger partial charge in [0.2, 0.25) is 0 Å². The SMILES string of the molecule is CC(CNC(=O)COc1ccc(F)cc1F)N1CCc2sccc2C1. The summed E-state index contributed by atoms with van der Waals surface area (Å²) < 4.78 is 31.4. The van der Waals surface area contributed by atoms with E-state index in [1.165, 1.54) is 16.5 Å². The molecule has 1 aromatic carbocycles. The molecule has 0 radical (unpaired) electrons. The topological polar surface area (TPSA) is 41.6 Å². The number of fused-ring (bicyclic) bond motifs is 1. The fourth-order valence-corrected chi connectivity index (χ4v) is 3.71. The number of thiophene rings is 1. The van der Waals surface area contributed by atoms with Crippen LogP contribution in [0.2, 0.25) is 0 Å². The summed E-state index contributed by atoms with van der Waals surface area (Å²) in [6.45, 7) is 4.13. The van der Waals surface area contributed by atoms with Crippen LogP contribution in [0.5, 0.6) is 5.75 Å². The average Bonchev–Trinajstić information content (AvgIpc) is 3.06. The lowest BCUT2D eigenvalue weighted by molar-refractivity contribution is -0.123. The van der Waals surface area contributed by atoms with Gasteiger partial charge in [0.15, 0.2) is 18.2 Å². The quantitative estimate of drug-likeness (QED) is 0.855. The van der Waals surface area contributed by atoms with Gasteiger partial charge in [-0.1, -0.05) is 0 Å². The first-order chi connectivity index (χ1) is 12.0. The van der Waals surface area contributed by atoms with E-state index in [4.69, 9.17) is 4.74 Å². The van der Waals surface area contributed by atoms with Gasteiger partial charge in [-0.25, -0.2) is 8.78 Å². The molecule has 0 spiro atoms. The number of hydrogen-bond donors (Lipinski definition) is 1. The number of halogens is 2. The van der Waals surface area contributed by atoms with E-state index in [0.29, 0.717) is 6.54 Å². The van der Waals surface area contributed by atoms with E-state index in [-0.39, 0.29) is 24.3 Å². The van der Waals surface area contributed by atoms with Crippen molar-refractivity contribution in [2.24, 2.45) is 0 Å². The summed E-state index contributed by atoms with van der Waals surface area (Å²) >= 11 is 1.80. The summed E-state index contributed by atoms with van der Waals surface area (Å²) in [5, 5.41) is 4.92. The van der Waals surface area contributed by atoms with Crippen LogP contribution in [-0.4, -0.2) is 36.5 Å². The molecule has 1 amide bonds. The van der Waals surface area contributed by atoms with Gasteiger partial charge >= 0.3 is 0 Å². The third-order valence-electron chi connectivity index (χ3n) is 4.31. The van der Waals surface area contributed by atoms with E-state index in [9.17, 15) is 13.6 Å². The zero-order chi connectivity index (χ0) is 17.8. The molecule has 1 aromatic heterocycles. The average molecular weight is 366 g/mol. The zero-order valence-corrected chi connectivity index (χ0v) is 14.7. The molecule has 1 unspecified atom stereocenters. The van der Waals surface area contributed by atoms with Crippen molar-refractivity contribution in [2.75, 3.05) is 19.7 Å². The molecule has 0 saturated heterocycles. The van der Waals surface area contributed by atoms with Crippen molar-refractivity contribution < 1.29 is 18.3 Å². The van der Waals surface area contributed by atoms with Gasteiger partial charge in [-0.3, -0.25) is 9.69 Å². The molecule has 1 aliphatic rings. The molecule has 134 valence electrons. The Hall–Kier alpha value is -1.99. The van der Waals surface area contributed by atoms with Crippen LogP contribution in [0.4, 0.5) is 8.78 Å². The summed E-state index contributed by atoms with van der Waals surface area (Å²) in [5.41, 5.74) is 1.37. The van der Waals surface area contributed by atoms with E-state index in [0.717, 1.165) is 31.6 Å². The number of ether oxygens (including phenoxy) is 1. The highest BCUT2D eigenvalue weighted by Gasteiger charge is 2.21. The van der Waals surface area contributed by atoms with Crippen molar-refractivity contribution in [1.29, 1.82) is 0 Å². The maximum absolute atomic E-state index is 13.4. The fourth-order valence-electron chi connectivity index (χ4n) is 2.82. The number of carbonyl (C=O) groups excluding carboxylic acids is 1. The second kappa shape index (κ2) is 7.93. The summed E-state index contributed by atoms with van der Waals surface area (Å²) in [6.07, 6.45) is 1.04. The Kier molecular flexibility index (Phi) is 5.65. The smallest absolute Gasteiger partial charge is 0.257 e. The van der Waals surface area contributed by atoms with Crippen LogP contribution in [0.25, 0.3) is 0 Å². The van der Waals surface area contributed by atoms with Crippen LogP contribution in [0.1, 0.15) is 17.4 Å². The van der Waals surface area contributed by atoms with Crippen molar-refractivity contribution in [1.82, 2.24) is 10.2 Å². The predicted molar refractivity (Wildman–Crippen MR) is 92.8 cm³/mol. The molecular weight excluding hydrogens is 346 g/mol. The van der Waals surface area contributed by atoms with Gasteiger partial charge in [0.05, 0.1) is 0 Å². The van der Waals surface area contributed by atoms with Gasteiger partial charge in [0.1, 0.15) is 5.82 Å². The highest BCUT2D eigenvalue weighted by molar-refractivity contribution is 7.10. The molecule has 1 N–H and O–H groups in total. The van der Waals surface area contributed by atoms with Crippen LogP contribution in [0.15, 0.2) is 29.6 Å². The Morgan fingerprint density at radius 2 is 2.24 bits per heavy atom. The number of nitrogens with one attached hydrogen (secondary N) is 1. The van der Waals surface area contributed by atoms with Crippen molar-refractivity contribution in [3.8, 4) is 5.75 Å². The molecule has 2 aromatic rings. The van der Waals surface area contributed by atoms with E-state index < -0.39 is 11.6 Å². The molecule has 4 nitrogen and oxygen atoms in total. The number of rotatable bonds is 6. The van der Waals surface area contributed by atoms with Crippen LogP contribution in [-0.2, 0) is 17.8 Å². The molecule has 0 saturated carbocycles. The summed E-state index contributed by atoms with van der Waals surface area (Å²) in [4.78, 5) is 15.7. The predicted octanol–water partition coefficient (Wildman–Crippen LogP) is 2.97. The molecule has 3 rings (SSSR count).